The molecular formula is C21H23N5O2. The van der Waals surface area contributed by atoms with Crippen molar-refractivity contribution in [1.29, 1.82) is 0 Å². The fraction of sp³-hybridized carbons (Fsp3) is 0.333. The van der Waals surface area contributed by atoms with E-state index in [9.17, 15) is 9.59 Å². The number of rotatable bonds is 6. The van der Waals surface area contributed by atoms with Crippen LogP contribution in [0, 0.1) is 5.92 Å². The van der Waals surface area contributed by atoms with Crippen LogP contribution < -0.4 is 11.0 Å². The first-order chi connectivity index (χ1) is 13.7. The summed E-state index contributed by atoms with van der Waals surface area (Å²) in [5.41, 5.74) is 1.29. The fourth-order valence-corrected chi connectivity index (χ4v) is 3.88. The monoisotopic (exact) mass is 377 g/mol. The number of nitrogens with zero attached hydrogens (tertiary/aromatic N) is 4. The number of para-hydroxylation sites is 1. The van der Waals surface area contributed by atoms with Crippen molar-refractivity contribution < 1.29 is 4.79 Å². The van der Waals surface area contributed by atoms with Crippen molar-refractivity contribution in [2.75, 3.05) is 0 Å². The molecule has 7 nitrogen and oxygen atoms in total. The minimum atomic E-state index is -0.432. The maximum Gasteiger partial charge on any atom is 0.368 e. The summed E-state index contributed by atoms with van der Waals surface area (Å²) in [6.07, 6.45) is 4.58. The molecule has 1 fully saturated rings. The molecule has 1 amide bonds. The van der Waals surface area contributed by atoms with Crippen molar-refractivity contribution in [3.05, 3.63) is 76.7 Å². The molecule has 0 radical (unpaired) electrons. The van der Waals surface area contributed by atoms with Gasteiger partial charge in [-0.3, -0.25) is 4.79 Å². The third-order valence-electron chi connectivity index (χ3n) is 5.28. The molecule has 1 aromatic heterocycles. The van der Waals surface area contributed by atoms with Gasteiger partial charge in [-0.2, -0.15) is 9.36 Å². The first-order valence-corrected chi connectivity index (χ1v) is 9.65. The number of benzene rings is 2. The van der Waals surface area contributed by atoms with Gasteiger partial charge < -0.3 is 5.32 Å². The van der Waals surface area contributed by atoms with Crippen LogP contribution in [0.2, 0.25) is 0 Å². The van der Waals surface area contributed by atoms with E-state index in [1.807, 2.05) is 48.5 Å². The number of hydrogen-bond acceptors (Lipinski definition) is 4. The normalized spacial score (nSPS) is 15.4. The quantitative estimate of drug-likeness (QED) is 0.715. The highest BCUT2D eigenvalue weighted by molar-refractivity contribution is 5.76. The second-order valence-electron chi connectivity index (χ2n) is 7.17. The number of hydrogen-bond donors (Lipinski definition) is 1. The van der Waals surface area contributed by atoms with E-state index >= 15 is 0 Å². The zero-order valence-corrected chi connectivity index (χ0v) is 15.6. The van der Waals surface area contributed by atoms with Gasteiger partial charge in [-0.1, -0.05) is 61.4 Å². The Hall–Kier alpha value is -3.22. The number of nitrogens with one attached hydrogen (secondary N) is 1. The van der Waals surface area contributed by atoms with Crippen molar-refractivity contribution in [3.63, 3.8) is 0 Å². The summed E-state index contributed by atoms with van der Waals surface area (Å²) < 4.78 is 2.29. The van der Waals surface area contributed by atoms with Crippen LogP contribution in [-0.4, -0.2) is 25.7 Å². The lowest BCUT2D eigenvalue weighted by Crippen LogP contribution is -2.37. The van der Waals surface area contributed by atoms with Crippen LogP contribution in [-0.2, 0) is 11.3 Å². The first-order valence-electron chi connectivity index (χ1n) is 9.65. The summed E-state index contributed by atoms with van der Waals surface area (Å²) in [5.74, 6) is 0.186. The summed E-state index contributed by atoms with van der Waals surface area (Å²) in [5, 5.41) is 10.9. The van der Waals surface area contributed by atoms with Crippen molar-refractivity contribution in [2.24, 2.45) is 5.92 Å². The van der Waals surface area contributed by atoms with Crippen LogP contribution in [0.15, 0.2) is 65.5 Å². The van der Waals surface area contributed by atoms with Crippen molar-refractivity contribution in [3.8, 4) is 5.69 Å². The van der Waals surface area contributed by atoms with Gasteiger partial charge in [-0.15, -0.1) is 0 Å². The Labute approximate surface area is 163 Å². The van der Waals surface area contributed by atoms with E-state index in [2.05, 4.69) is 15.7 Å². The predicted molar refractivity (Wildman–Crippen MR) is 105 cm³/mol. The van der Waals surface area contributed by atoms with Gasteiger partial charge in [0.05, 0.1) is 11.7 Å². The van der Waals surface area contributed by atoms with Gasteiger partial charge >= 0.3 is 5.69 Å². The third-order valence-corrected chi connectivity index (χ3v) is 5.28. The Bertz CT molecular complexity index is 975. The molecular weight excluding hydrogens is 354 g/mol. The Morgan fingerprint density at radius 1 is 1.00 bits per heavy atom. The number of aromatic nitrogens is 4. The van der Waals surface area contributed by atoms with Crippen LogP contribution in [0.5, 0.6) is 0 Å². The van der Waals surface area contributed by atoms with Gasteiger partial charge in [0.1, 0.15) is 6.54 Å². The number of tetrazole rings is 1. The molecule has 1 unspecified atom stereocenters. The van der Waals surface area contributed by atoms with Crippen molar-refractivity contribution in [1.82, 2.24) is 25.1 Å². The van der Waals surface area contributed by atoms with Gasteiger partial charge in [0, 0.05) is 0 Å². The van der Waals surface area contributed by atoms with Crippen LogP contribution in [0.1, 0.15) is 37.3 Å². The van der Waals surface area contributed by atoms with Gasteiger partial charge in [0.15, 0.2) is 0 Å². The van der Waals surface area contributed by atoms with E-state index in [1.54, 1.807) is 12.1 Å². The van der Waals surface area contributed by atoms with Crippen LogP contribution in [0.3, 0.4) is 0 Å². The molecule has 0 saturated heterocycles. The van der Waals surface area contributed by atoms with Gasteiger partial charge in [-0.05, 0) is 46.9 Å². The van der Waals surface area contributed by atoms with E-state index in [1.165, 1.54) is 17.5 Å². The summed E-state index contributed by atoms with van der Waals surface area (Å²) in [6, 6.07) is 19.0. The van der Waals surface area contributed by atoms with E-state index in [4.69, 9.17) is 0 Å². The van der Waals surface area contributed by atoms with E-state index in [0.29, 0.717) is 11.6 Å². The molecule has 1 saturated carbocycles. The molecule has 0 spiro atoms. The average Bonchev–Trinajstić information content (AvgIpc) is 3.38. The Balaban J connectivity index is 1.50. The molecule has 1 atom stereocenters. The standard InChI is InChI=1S/C21H23N5O2/c27-19(15-25-21(28)26(24-23-25)18-13-5-2-6-14-18)22-20(17-11-7-8-12-17)16-9-3-1-4-10-16/h1-6,9-10,13-14,17,20H,7-8,11-12,15H2,(H,22,27). The molecule has 0 aliphatic heterocycles. The molecule has 1 heterocycles. The SMILES string of the molecule is O=C(Cn1nnn(-c2ccccc2)c1=O)NC(c1ccccc1)C1CCCC1. The van der Waals surface area contributed by atoms with Gasteiger partial charge in [0.2, 0.25) is 5.91 Å². The maximum atomic E-state index is 12.7. The number of carbonyl (C=O) groups excluding carboxylic acids is 1. The molecule has 1 aliphatic carbocycles. The van der Waals surface area contributed by atoms with Gasteiger partial charge in [0.25, 0.3) is 0 Å². The lowest BCUT2D eigenvalue weighted by Gasteiger charge is -2.25. The topological polar surface area (TPSA) is 81.8 Å². The maximum absolute atomic E-state index is 12.7. The highest BCUT2D eigenvalue weighted by Crippen LogP contribution is 2.35. The Morgan fingerprint density at radius 2 is 1.64 bits per heavy atom. The molecule has 1 N–H and O–H groups in total. The highest BCUT2D eigenvalue weighted by Gasteiger charge is 2.28. The molecule has 7 heteroatoms. The Morgan fingerprint density at radius 3 is 2.32 bits per heavy atom. The molecule has 2 aromatic carbocycles. The molecule has 28 heavy (non-hydrogen) atoms. The lowest BCUT2D eigenvalue weighted by atomic mass is 9.91. The molecule has 0 bridgehead atoms. The predicted octanol–water partition coefficient (Wildman–Crippen LogP) is 2.48. The first kappa shape index (κ1) is 18.2. The average molecular weight is 377 g/mol. The van der Waals surface area contributed by atoms with Crippen LogP contribution in [0.4, 0.5) is 0 Å². The number of carbonyl (C=O) groups is 1. The summed E-state index contributed by atoms with van der Waals surface area (Å²) in [4.78, 5) is 25.2. The molecule has 1 aliphatic rings. The smallest absolute Gasteiger partial charge is 0.347 e. The van der Waals surface area contributed by atoms with Crippen molar-refractivity contribution >= 4 is 5.91 Å². The van der Waals surface area contributed by atoms with E-state index in [-0.39, 0.29) is 18.5 Å². The Kier molecular flexibility index (Phi) is 5.32. The summed E-state index contributed by atoms with van der Waals surface area (Å²) >= 11 is 0. The number of amides is 1. The van der Waals surface area contributed by atoms with Gasteiger partial charge in [-0.25, -0.2) is 4.79 Å². The van der Waals surface area contributed by atoms with Crippen LogP contribution in [0.25, 0.3) is 5.69 Å². The van der Waals surface area contributed by atoms with E-state index in [0.717, 1.165) is 23.1 Å². The lowest BCUT2D eigenvalue weighted by molar-refractivity contribution is -0.123. The van der Waals surface area contributed by atoms with Crippen LogP contribution >= 0.6 is 0 Å². The largest absolute Gasteiger partial charge is 0.368 e. The fourth-order valence-electron chi connectivity index (χ4n) is 3.88. The zero-order valence-electron chi connectivity index (χ0n) is 15.6. The zero-order chi connectivity index (χ0) is 19.3. The minimum Gasteiger partial charge on any atom is -0.347 e. The third kappa shape index (κ3) is 3.88. The molecule has 4 rings (SSSR count). The van der Waals surface area contributed by atoms with Crippen molar-refractivity contribution in [2.45, 2.75) is 38.3 Å². The minimum absolute atomic E-state index is 0.0453. The molecule has 144 valence electrons. The molecule has 3 aromatic rings. The highest BCUT2D eigenvalue weighted by atomic mass is 16.2. The van der Waals surface area contributed by atoms with E-state index < -0.39 is 5.69 Å². The second kappa shape index (κ2) is 8.21. The summed E-state index contributed by atoms with van der Waals surface area (Å²) in [7, 11) is 0. The summed E-state index contributed by atoms with van der Waals surface area (Å²) in [6.45, 7) is -0.151. The second-order valence-corrected chi connectivity index (χ2v) is 7.17.